The highest BCUT2D eigenvalue weighted by molar-refractivity contribution is 5.03. The highest BCUT2D eigenvalue weighted by Gasteiger charge is 2.30. The van der Waals surface area contributed by atoms with Gasteiger partial charge >= 0.3 is 0 Å². The van der Waals surface area contributed by atoms with Gasteiger partial charge in [-0.25, -0.2) is 0 Å². The summed E-state index contributed by atoms with van der Waals surface area (Å²) in [5.41, 5.74) is -0.0930. The summed E-state index contributed by atoms with van der Waals surface area (Å²) in [6, 6.07) is 0.129. The van der Waals surface area contributed by atoms with E-state index in [2.05, 4.69) is 52.9 Å². The van der Waals surface area contributed by atoms with Crippen LogP contribution in [0.15, 0.2) is 9.05 Å². The maximum Gasteiger partial charge on any atom is 0.243 e. The molecular formula is C16H25N5O2. The third-order valence-corrected chi connectivity index (χ3v) is 4.44. The number of aryl methyl sites for hydroxylation is 1. The standard InChI is InChI=1S/C16H25N5O2/c1-10(13-18-15(20-22-13)16(3,4)5)21-8-6-12(7-9-21)14-17-11(2)19-23-14/h10,12H,6-9H2,1-5H3/t10-/m1/s1. The van der Waals surface area contributed by atoms with Crippen LogP contribution in [-0.4, -0.2) is 38.3 Å². The fourth-order valence-electron chi connectivity index (χ4n) is 2.88. The van der Waals surface area contributed by atoms with Crippen molar-refractivity contribution in [1.29, 1.82) is 0 Å². The van der Waals surface area contributed by atoms with Crippen molar-refractivity contribution in [2.24, 2.45) is 0 Å². The molecule has 0 bridgehead atoms. The van der Waals surface area contributed by atoms with E-state index in [0.717, 1.165) is 37.6 Å². The number of hydrogen-bond donors (Lipinski definition) is 0. The smallest absolute Gasteiger partial charge is 0.243 e. The molecular weight excluding hydrogens is 294 g/mol. The van der Waals surface area contributed by atoms with Crippen molar-refractivity contribution >= 4 is 0 Å². The third-order valence-electron chi connectivity index (χ3n) is 4.44. The van der Waals surface area contributed by atoms with Crippen LogP contribution in [0, 0.1) is 6.92 Å². The first kappa shape index (κ1) is 16.1. The van der Waals surface area contributed by atoms with E-state index in [0.29, 0.717) is 17.6 Å². The van der Waals surface area contributed by atoms with Crippen LogP contribution in [0.2, 0.25) is 0 Å². The zero-order valence-electron chi connectivity index (χ0n) is 14.5. The first-order chi connectivity index (χ1) is 10.8. The fraction of sp³-hybridized carbons (Fsp3) is 0.750. The van der Waals surface area contributed by atoms with Crippen LogP contribution in [-0.2, 0) is 5.41 Å². The lowest BCUT2D eigenvalue weighted by molar-refractivity contribution is 0.128. The van der Waals surface area contributed by atoms with Crippen molar-refractivity contribution in [3.05, 3.63) is 23.4 Å². The molecule has 126 valence electrons. The molecule has 1 atom stereocenters. The van der Waals surface area contributed by atoms with E-state index >= 15 is 0 Å². The second-order valence-corrected chi connectivity index (χ2v) is 7.37. The maximum absolute atomic E-state index is 5.48. The Balaban J connectivity index is 1.62. The number of aromatic nitrogens is 4. The van der Waals surface area contributed by atoms with Gasteiger partial charge in [0, 0.05) is 11.3 Å². The molecule has 23 heavy (non-hydrogen) atoms. The van der Waals surface area contributed by atoms with Gasteiger partial charge in [-0.05, 0) is 39.8 Å². The van der Waals surface area contributed by atoms with E-state index in [4.69, 9.17) is 9.05 Å². The van der Waals surface area contributed by atoms with Crippen LogP contribution in [0.25, 0.3) is 0 Å². The van der Waals surface area contributed by atoms with Gasteiger partial charge in [-0.15, -0.1) is 0 Å². The molecule has 7 heteroatoms. The molecule has 1 fully saturated rings. The molecule has 0 radical (unpaired) electrons. The summed E-state index contributed by atoms with van der Waals surface area (Å²) in [6.45, 7) is 12.2. The number of nitrogens with zero attached hydrogens (tertiary/aromatic N) is 5. The van der Waals surface area contributed by atoms with Gasteiger partial charge in [0.2, 0.25) is 11.8 Å². The van der Waals surface area contributed by atoms with Crippen molar-refractivity contribution in [2.45, 2.75) is 64.8 Å². The van der Waals surface area contributed by atoms with E-state index in [9.17, 15) is 0 Å². The topological polar surface area (TPSA) is 81.1 Å². The van der Waals surface area contributed by atoms with Crippen molar-refractivity contribution in [2.75, 3.05) is 13.1 Å². The van der Waals surface area contributed by atoms with Crippen LogP contribution < -0.4 is 0 Å². The Morgan fingerprint density at radius 3 is 2.30 bits per heavy atom. The van der Waals surface area contributed by atoms with E-state index in [1.807, 2.05) is 6.92 Å². The minimum absolute atomic E-state index is 0.0930. The summed E-state index contributed by atoms with van der Waals surface area (Å²) in [5, 5.41) is 8.01. The van der Waals surface area contributed by atoms with Gasteiger partial charge in [0.1, 0.15) is 0 Å². The highest BCUT2D eigenvalue weighted by Crippen LogP contribution is 2.31. The summed E-state index contributed by atoms with van der Waals surface area (Å²) in [6.07, 6.45) is 2.01. The number of piperidine rings is 1. The lowest BCUT2D eigenvalue weighted by Crippen LogP contribution is -2.35. The SMILES string of the molecule is Cc1noc(C2CCN([C@H](C)c3nc(C(C)(C)C)no3)CC2)n1. The van der Waals surface area contributed by atoms with Gasteiger partial charge in [0.15, 0.2) is 11.6 Å². The van der Waals surface area contributed by atoms with Gasteiger partial charge in [-0.2, -0.15) is 9.97 Å². The van der Waals surface area contributed by atoms with Gasteiger partial charge in [0.25, 0.3) is 0 Å². The van der Waals surface area contributed by atoms with Crippen LogP contribution in [0.5, 0.6) is 0 Å². The average molecular weight is 319 g/mol. The molecule has 3 rings (SSSR count). The third kappa shape index (κ3) is 3.44. The Morgan fingerprint density at radius 2 is 1.78 bits per heavy atom. The Labute approximate surface area is 136 Å². The van der Waals surface area contributed by atoms with Crippen LogP contribution in [0.1, 0.15) is 75.9 Å². The predicted molar refractivity (Wildman–Crippen MR) is 84.0 cm³/mol. The van der Waals surface area contributed by atoms with Gasteiger partial charge in [-0.1, -0.05) is 31.1 Å². The second kappa shape index (κ2) is 6.03. The van der Waals surface area contributed by atoms with Gasteiger partial charge in [-0.3, -0.25) is 4.90 Å². The molecule has 1 saturated heterocycles. The Bertz CT molecular complexity index is 649. The molecule has 0 N–H and O–H groups in total. The molecule has 0 aromatic carbocycles. The average Bonchev–Trinajstić information content (AvgIpc) is 3.15. The van der Waals surface area contributed by atoms with E-state index < -0.39 is 0 Å². The predicted octanol–water partition coefficient (Wildman–Crippen LogP) is 3.00. The number of hydrogen-bond acceptors (Lipinski definition) is 7. The molecule has 7 nitrogen and oxygen atoms in total. The Kier molecular flexibility index (Phi) is 4.23. The lowest BCUT2D eigenvalue weighted by atomic mass is 9.95. The summed E-state index contributed by atoms with van der Waals surface area (Å²) in [7, 11) is 0. The van der Waals surface area contributed by atoms with E-state index in [-0.39, 0.29) is 11.5 Å². The van der Waals surface area contributed by atoms with Crippen LogP contribution in [0.3, 0.4) is 0 Å². The molecule has 0 amide bonds. The molecule has 0 aliphatic carbocycles. The van der Waals surface area contributed by atoms with Crippen LogP contribution >= 0.6 is 0 Å². The monoisotopic (exact) mass is 319 g/mol. The van der Waals surface area contributed by atoms with Crippen LogP contribution in [0.4, 0.5) is 0 Å². The van der Waals surface area contributed by atoms with Crippen molar-refractivity contribution in [3.63, 3.8) is 0 Å². The molecule has 2 aromatic rings. The first-order valence-electron chi connectivity index (χ1n) is 8.23. The first-order valence-corrected chi connectivity index (χ1v) is 8.23. The zero-order chi connectivity index (χ0) is 16.6. The van der Waals surface area contributed by atoms with E-state index in [1.54, 1.807) is 0 Å². The van der Waals surface area contributed by atoms with Crippen molar-refractivity contribution in [3.8, 4) is 0 Å². The minimum atomic E-state index is -0.0930. The maximum atomic E-state index is 5.48. The van der Waals surface area contributed by atoms with Crippen molar-refractivity contribution in [1.82, 2.24) is 25.2 Å². The molecule has 1 aliphatic heterocycles. The molecule has 0 spiro atoms. The molecule has 2 aromatic heterocycles. The number of rotatable bonds is 3. The van der Waals surface area contributed by atoms with Gasteiger partial charge < -0.3 is 9.05 Å². The molecule has 1 aliphatic rings. The summed E-state index contributed by atoms with van der Waals surface area (Å²) in [4.78, 5) is 11.3. The zero-order valence-corrected chi connectivity index (χ0v) is 14.5. The Hall–Kier alpha value is -1.76. The summed E-state index contributed by atoms with van der Waals surface area (Å²) < 4.78 is 10.8. The highest BCUT2D eigenvalue weighted by atomic mass is 16.5. The second-order valence-electron chi connectivity index (χ2n) is 7.37. The molecule has 0 saturated carbocycles. The van der Waals surface area contributed by atoms with E-state index in [1.165, 1.54) is 0 Å². The van der Waals surface area contributed by atoms with Gasteiger partial charge in [0.05, 0.1) is 6.04 Å². The minimum Gasteiger partial charge on any atom is -0.339 e. The largest absolute Gasteiger partial charge is 0.339 e. The summed E-state index contributed by atoms with van der Waals surface area (Å²) >= 11 is 0. The summed E-state index contributed by atoms with van der Waals surface area (Å²) in [5.74, 6) is 3.28. The number of likely N-dealkylation sites (tertiary alicyclic amines) is 1. The Morgan fingerprint density at radius 1 is 1.09 bits per heavy atom. The quantitative estimate of drug-likeness (QED) is 0.860. The normalized spacial score (nSPS) is 19.2. The lowest BCUT2D eigenvalue weighted by Gasteiger charge is -2.33. The molecule has 0 unspecified atom stereocenters. The van der Waals surface area contributed by atoms with Crippen molar-refractivity contribution < 1.29 is 9.05 Å². The molecule has 3 heterocycles. The fourth-order valence-corrected chi connectivity index (χ4v) is 2.88.